The lowest BCUT2D eigenvalue weighted by Crippen LogP contribution is -2.02. The van der Waals surface area contributed by atoms with Crippen molar-refractivity contribution in [3.8, 4) is 0 Å². The van der Waals surface area contributed by atoms with Crippen LogP contribution in [0.15, 0.2) is 64.9 Å². The molecule has 3 aromatic rings. The van der Waals surface area contributed by atoms with E-state index in [2.05, 4.69) is 34.4 Å². The molecular weight excluding hydrogens is 326 g/mol. The lowest BCUT2D eigenvalue weighted by atomic mass is 10.1. The van der Waals surface area contributed by atoms with Crippen LogP contribution in [0, 0.1) is 0 Å². The van der Waals surface area contributed by atoms with Crippen LogP contribution < -0.4 is 0 Å². The summed E-state index contributed by atoms with van der Waals surface area (Å²) in [5.74, 6) is 0.363. The van der Waals surface area contributed by atoms with Crippen LogP contribution in [0.1, 0.15) is 31.2 Å². The average Bonchev–Trinajstić information content (AvgIpc) is 2.91. The standard InChI is InChI=1S/C18H18ClN3S/c1-13(2)17-18(23-16-8-5-6-14(19)10-16)22(12-21-17)11-15-7-3-4-9-20-15/h3-10,12-13H,11H2,1-2H3. The smallest absolute Gasteiger partial charge is 0.103 e. The van der Waals surface area contributed by atoms with Crippen molar-refractivity contribution in [1.29, 1.82) is 0 Å². The molecule has 2 aromatic heterocycles. The molecule has 118 valence electrons. The molecule has 23 heavy (non-hydrogen) atoms. The fourth-order valence-electron chi connectivity index (χ4n) is 2.31. The van der Waals surface area contributed by atoms with Crippen LogP contribution in [0.2, 0.25) is 5.02 Å². The van der Waals surface area contributed by atoms with Gasteiger partial charge in [0.15, 0.2) is 0 Å². The quantitative estimate of drug-likeness (QED) is 0.633. The van der Waals surface area contributed by atoms with Crippen molar-refractivity contribution in [3.05, 3.63) is 71.4 Å². The van der Waals surface area contributed by atoms with Crippen LogP contribution in [0.3, 0.4) is 0 Å². The maximum atomic E-state index is 6.11. The molecular formula is C18H18ClN3S. The van der Waals surface area contributed by atoms with E-state index in [0.717, 1.165) is 26.3 Å². The van der Waals surface area contributed by atoms with E-state index in [1.54, 1.807) is 11.8 Å². The second kappa shape index (κ2) is 7.20. The van der Waals surface area contributed by atoms with Crippen molar-refractivity contribution in [1.82, 2.24) is 14.5 Å². The fraction of sp³-hybridized carbons (Fsp3) is 0.222. The predicted octanol–water partition coefficient (Wildman–Crippen LogP) is 5.25. The van der Waals surface area contributed by atoms with Gasteiger partial charge >= 0.3 is 0 Å². The second-order valence-corrected chi connectivity index (χ2v) is 7.10. The summed E-state index contributed by atoms with van der Waals surface area (Å²) in [6.07, 6.45) is 3.72. The van der Waals surface area contributed by atoms with Gasteiger partial charge in [0.25, 0.3) is 0 Å². The molecule has 0 amide bonds. The third-order valence-electron chi connectivity index (χ3n) is 3.43. The minimum atomic E-state index is 0.363. The van der Waals surface area contributed by atoms with Gasteiger partial charge in [-0.1, -0.05) is 49.3 Å². The van der Waals surface area contributed by atoms with Gasteiger partial charge in [-0.15, -0.1) is 0 Å². The largest absolute Gasteiger partial charge is 0.319 e. The Morgan fingerprint density at radius 1 is 1.13 bits per heavy atom. The number of halogens is 1. The van der Waals surface area contributed by atoms with Crippen molar-refractivity contribution in [2.75, 3.05) is 0 Å². The van der Waals surface area contributed by atoms with Crippen LogP contribution in [-0.4, -0.2) is 14.5 Å². The summed E-state index contributed by atoms with van der Waals surface area (Å²) in [5, 5.41) is 1.89. The Hall–Kier alpha value is -1.78. The highest BCUT2D eigenvalue weighted by molar-refractivity contribution is 7.99. The summed E-state index contributed by atoms with van der Waals surface area (Å²) in [6, 6.07) is 13.9. The molecule has 0 N–H and O–H groups in total. The minimum absolute atomic E-state index is 0.363. The highest BCUT2D eigenvalue weighted by atomic mass is 35.5. The van der Waals surface area contributed by atoms with Gasteiger partial charge in [-0.2, -0.15) is 0 Å². The van der Waals surface area contributed by atoms with Crippen LogP contribution >= 0.6 is 23.4 Å². The number of aromatic nitrogens is 3. The zero-order chi connectivity index (χ0) is 16.2. The van der Waals surface area contributed by atoms with Gasteiger partial charge in [-0.3, -0.25) is 4.98 Å². The molecule has 3 rings (SSSR count). The van der Waals surface area contributed by atoms with Gasteiger partial charge in [-0.25, -0.2) is 4.98 Å². The molecule has 0 aliphatic carbocycles. The third kappa shape index (κ3) is 3.95. The molecule has 1 aromatic carbocycles. The lowest BCUT2D eigenvalue weighted by molar-refractivity contribution is 0.695. The van der Waals surface area contributed by atoms with Crippen molar-refractivity contribution < 1.29 is 0 Å². The number of nitrogens with zero attached hydrogens (tertiary/aromatic N) is 3. The van der Waals surface area contributed by atoms with E-state index in [4.69, 9.17) is 11.6 Å². The summed E-state index contributed by atoms with van der Waals surface area (Å²) >= 11 is 7.81. The van der Waals surface area contributed by atoms with E-state index in [9.17, 15) is 0 Å². The molecule has 0 aliphatic rings. The van der Waals surface area contributed by atoms with E-state index in [0.29, 0.717) is 12.5 Å². The first-order valence-corrected chi connectivity index (χ1v) is 8.71. The van der Waals surface area contributed by atoms with E-state index in [-0.39, 0.29) is 0 Å². The summed E-state index contributed by atoms with van der Waals surface area (Å²) < 4.78 is 2.16. The first kappa shape index (κ1) is 16.1. The molecule has 0 spiro atoms. The number of rotatable bonds is 5. The van der Waals surface area contributed by atoms with Crippen LogP contribution in [0.4, 0.5) is 0 Å². The van der Waals surface area contributed by atoms with Gasteiger partial charge in [0, 0.05) is 16.1 Å². The van der Waals surface area contributed by atoms with Crippen LogP contribution in [0.25, 0.3) is 0 Å². The maximum absolute atomic E-state index is 6.11. The number of benzene rings is 1. The topological polar surface area (TPSA) is 30.7 Å². The number of imidazole rings is 1. The Kier molecular flexibility index (Phi) is 5.03. The summed E-state index contributed by atoms with van der Waals surface area (Å²) in [4.78, 5) is 10.1. The van der Waals surface area contributed by atoms with Crippen LogP contribution in [0.5, 0.6) is 0 Å². The molecule has 0 saturated heterocycles. The Morgan fingerprint density at radius 2 is 2.00 bits per heavy atom. The molecule has 0 fully saturated rings. The lowest BCUT2D eigenvalue weighted by Gasteiger charge is -2.11. The van der Waals surface area contributed by atoms with E-state index in [1.165, 1.54) is 0 Å². The molecule has 3 nitrogen and oxygen atoms in total. The summed E-state index contributed by atoms with van der Waals surface area (Å²) in [7, 11) is 0. The van der Waals surface area contributed by atoms with Crippen molar-refractivity contribution in [2.24, 2.45) is 0 Å². The Bertz CT molecular complexity index is 784. The van der Waals surface area contributed by atoms with E-state index >= 15 is 0 Å². The van der Waals surface area contributed by atoms with E-state index in [1.807, 2.05) is 48.9 Å². The molecule has 2 heterocycles. The number of hydrogen-bond acceptors (Lipinski definition) is 3. The molecule has 0 bridgehead atoms. The van der Waals surface area contributed by atoms with E-state index < -0.39 is 0 Å². The van der Waals surface area contributed by atoms with Gasteiger partial charge < -0.3 is 4.57 Å². The highest BCUT2D eigenvalue weighted by Gasteiger charge is 2.16. The first-order valence-electron chi connectivity index (χ1n) is 7.52. The molecule has 0 aliphatic heterocycles. The monoisotopic (exact) mass is 343 g/mol. The van der Waals surface area contributed by atoms with Gasteiger partial charge in [-0.05, 0) is 36.2 Å². The third-order valence-corrected chi connectivity index (χ3v) is 4.79. The molecule has 0 unspecified atom stereocenters. The number of hydrogen-bond donors (Lipinski definition) is 0. The van der Waals surface area contributed by atoms with Crippen molar-refractivity contribution in [3.63, 3.8) is 0 Å². The fourth-order valence-corrected chi connectivity index (χ4v) is 3.75. The summed E-state index contributed by atoms with van der Waals surface area (Å²) in [5.41, 5.74) is 2.12. The zero-order valence-corrected chi connectivity index (χ0v) is 14.7. The molecule has 0 saturated carbocycles. The molecule has 5 heteroatoms. The normalized spacial score (nSPS) is 11.1. The first-order chi connectivity index (χ1) is 11.1. The van der Waals surface area contributed by atoms with Gasteiger partial charge in [0.05, 0.1) is 24.3 Å². The molecule has 0 atom stereocenters. The number of pyridine rings is 1. The van der Waals surface area contributed by atoms with Gasteiger partial charge in [0.2, 0.25) is 0 Å². The average molecular weight is 344 g/mol. The predicted molar refractivity (Wildman–Crippen MR) is 95.2 cm³/mol. The van der Waals surface area contributed by atoms with Gasteiger partial charge in [0.1, 0.15) is 5.03 Å². The Balaban J connectivity index is 1.94. The minimum Gasteiger partial charge on any atom is -0.319 e. The molecule has 0 radical (unpaired) electrons. The Labute approximate surface area is 145 Å². The van der Waals surface area contributed by atoms with Crippen molar-refractivity contribution >= 4 is 23.4 Å². The zero-order valence-electron chi connectivity index (χ0n) is 13.1. The van der Waals surface area contributed by atoms with Crippen LogP contribution in [-0.2, 0) is 6.54 Å². The SMILES string of the molecule is CC(C)c1ncn(Cc2ccccn2)c1Sc1cccc(Cl)c1. The van der Waals surface area contributed by atoms with Crippen molar-refractivity contribution in [2.45, 2.75) is 36.2 Å². The highest BCUT2D eigenvalue weighted by Crippen LogP contribution is 2.34. The summed E-state index contributed by atoms with van der Waals surface area (Å²) in [6.45, 7) is 5.04. The maximum Gasteiger partial charge on any atom is 0.103 e. The second-order valence-electron chi connectivity index (χ2n) is 5.60. The Morgan fingerprint density at radius 3 is 2.70 bits per heavy atom.